The Bertz CT molecular complexity index is 855. The zero-order valence-electron chi connectivity index (χ0n) is 19.1. The molecule has 178 valence electrons. The van der Waals surface area contributed by atoms with Gasteiger partial charge >= 0.3 is 0 Å². The van der Waals surface area contributed by atoms with Crippen molar-refractivity contribution in [2.24, 2.45) is 0 Å². The van der Waals surface area contributed by atoms with Crippen molar-refractivity contribution < 1.29 is 26.1 Å². The molecular formula is C29H30NiO2P2. The first-order valence-electron chi connectivity index (χ1n) is 10.7. The fourth-order valence-corrected chi connectivity index (χ4v) is 8.59. The molecule has 0 aromatic heterocycles. The Morgan fingerprint density at radius 3 is 0.824 bits per heavy atom. The summed E-state index contributed by atoms with van der Waals surface area (Å²) in [6.45, 7) is 4.00. The minimum Gasteiger partial charge on any atom is -0.307 e. The number of hydrogen-bond acceptors (Lipinski definition) is 2. The van der Waals surface area contributed by atoms with Gasteiger partial charge in [-0.1, -0.05) is 121 Å². The van der Waals surface area contributed by atoms with Gasteiger partial charge in [-0.25, -0.2) is 0 Å². The molecule has 0 atom stereocenters. The van der Waals surface area contributed by atoms with Crippen molar-refractivity contribution in [3.8, 4) is 0 Å². The van der Waals surface area contributed by atoms with Gasteiger partial charge in [0.1, 0.15) is 13.6 Å². The summed E-state index contributed by atoms with van der Waals surface area (Å²) < 4.78 is 0. The van der Waals surface area contributed by atoms with Crippen molar-refractivity contribution in [3.05, 3.63) is 121 Å². The van der Waals surface area contributed by atoms with E-state index < -0.39 is 0 Å². The molecule has 0 aliphatic rings. The predicted molar refractivity (Wildman–Crippen MR) is 147 cm³/mol. The average Bonchev–Trinajstić information content (AvgIpc) is 2.93. The maximum atomic E-state index is 8.00. The summed E-state index contributed by atoms with van der Waals surface area (Å²) in [7, 11) is -0.618. The normalized spacial score (nSPS) is 9.71. The summed E-state index contributed by atoms with van der Waals surface area (Å²) in [5, 5.41) is 5.94. The van der Waals surface area contributed by atoms with Gasteiger partial charge in [0.15, 0.2) is 0 Å². The van der Waals surface area contributed by atoms with E-state index in [9.17, 15) is 0 Å². The second-order valence-electron chi connectivity index (χ2n) is 7.00. The van der Waals surface area contributed by atoms with Crippen molar-refractivity contribution in [2.45, 2.75) is 6.42 Å². The molecule has 0 aliphatic carbocycles. The van der Waals surface area contributed by atoms with Crippen molar-refractivity contribution in [2.75, 3.05) is 12.3 Å². The molecular weight excluding hydrogens is 501 g/mol. The zero-order chi connectivity index (χ0) is 23.7. The molecule has 0 N–H and O–H groups in total. The summed E-state index contributed by atoms with van der Waals surface area (Å²) >= 11 is 0. The van der Waals surface area contributed by atoms with E-state index in [1.807, 2.05) is 13.6 Å². The van der Waals surface area contributed by atoms with E-state index in [0.29, 0.717) is 0 Å². The van der Waals surface area contributed by atoms with E-state index in [0.717, 1.165) is 0 Å². The molecule has 0 heterocycles. The molecule has 4 aromatic rings. The van der Waals surface area contributed by atoms with E-state index in [4.69, 9.17) is 9.59 Å². The van der Waals surface area contributed by atoms with Crippen LogP contribution >= 0.6 is 15.8 Å². The van der Waals surface area contributed by atoms with Crippen LogP contribution in [0.5, 0.6) is 0 Å². The SMILES string of the molecule is C=O.C=O.[Ni].c1ccc(P(CCCP(c2ccccc2)c2ccccc2)c2ccccc2)cc1. The number of carbonyl (C=O) groups excluding carboxylic acids is 2. The largest absolute Gasteiger partial charge is 0.307 e. The third-order valence-corrected chi connectivity index (χ3v) is 10.2. The Kier molecular flexibility index (Phi) is 15.6. The first-order valence-corrected chi connectivity index (χ1v) is 13.8. The molecule has 34 heavy (non-hydrogen) atoms. The molecule has 4 aromatic carbocycles. The molecule has 0 aliphatic heterocycles. The van der Waals surface area contributed by atoms with Gasteiger partial charge in [-0.2, -0.15) is 0 Å². The van der Waals surface area contributed by atoms with Crippen LogP contribution in [-0.4, -0.2) is 25.9 Å². The van der Waals surface area contributed by atoms with Gasteiger partial charge in [-0.05, 0) is 55.8 Å². The number of hydrogen-bond donors (Lipinski definition) is 0. The predicted octanol–water partition coefficient (Wildman–Crippen LogP) is 5.27. The van der Waals surface area contributed by atoms with Crippen molar-refractivity contribution >= 4 is 50.6 Å². The van der Waals surface area contributed by atoms with Crippen LogP contribution in [0.1, 0.15) is 6.42 Å². The summed E-state index contributed by atoms with van der Waals surface area (Å²) in [5.41, 5.74) is 0. The number of rotatable bonds is 8. The van der Waals surface area contributed by atoms with Gasteiger partial charge in [0.2, 0.25) is 0 Å². The molecule has 5 heteroatoms. The van der Waals surface area contributed by atoms with Crippen LogP contribution in [0.3, 0.4) is 0 Å². The summed E-state index contributed by atoms with van der Waals surface area (Å²) in [6, 6.07) is 44.3. The Labute approximate surface area is 216 Å². The maximum Gasteiger partial charge on any atom is 0.106 e. The van der Waals surface area contributed by atoms with E-state index in [-0.39, 0.29) is 32.3 Å². The van der Waals surface area contributed by atoms with Gasteiger partial charge < -0.3 is 9.59 Å². The van der Waals surface area contributed by atoms with E-state index >= 15 is 0 Å². The van der Waals surface area contributed by atoms with Crippen LogP contribution in [-0.2, 0) is 26.1 Å². The van der Waals surface area contributed by atoms with Gasteiger partial charge in [0.05, 0.1) is 0 Å². The van der Waals surface area contributed by atoms with Crippen LogP contribution in [0.4, 0.5) is 0 Å². The molecule has 0 saturated heterocycles. The first kappa shape index (κ1) is 29.6. The van der Waals surface area contributed by atoms with E-state index in [1.165, 1.54) is 40.0 Å². The van der Waals surface area contributed by atoms with Crippen LogP contribution < -0.4 is 21.2 Å². The Hall–Kier alpha value is -2.43. The van der Waals surface area contributed by atoms with Crippen LogP contribution in [0.25, 0.3) is 0 Å². The van der Waals surface area contributed by atoms with Gasteiger partial charge in [0.25, 0.3) is 0 Å². The zero-order valence-corrected chi connectivity index (χ0v) is 21.9. The minimum absolute atomic E-state index is 0. The van der Waals surface area contributed by atoms with Crippen LogP contribution in [0.2, 0.25) is 0 Å². The molecule has 4 rings (SSSR count). The fraction of sp³-hybridized carbons (Fsp3) is 0.103. The quantitative estimate of drug-likeness (QED) is 0.230. The Morgan fingerprint density at radius 2 is 0.618 bits per heavy atom. The number of benzene rings is 4. The second kappa shape index (κ2) is 18.0. The molecule has 0 unspecified atom stereocenters. The van der Waals surface area contributed by atoms with Crippen LogP contribution in [0, 0.1) is 0 Å². The fourth-order valence-electron chi connectivity index (χ4n) is 3.63. The van der Waals surface area contributed by atoms with E-state index in [1.54, 1.807) is 0 Å². The van der Waals surface area contributed by atoms with Crippen LogP contribution in [0.15, 0.2) is 121 Å². The molecule has 0 bridgehead atoms. The molecule has 0 amide bonds. The Balaban J connectivity index is 0.00000110. The van der Waals surface area contributed by atoms with Gasteiger partial charge in [-0.15, -0.1) is 0 Å². The molecule has 0 fully saturated rings. The van der Waals surface area contributed by atoms with Gasteiger partial charge in [0, 0.05) is 16.5 Å². The first-order chi connectivity index (χ1) is 16.4. The number of carbonyl (C=O) groups is 2. The van der Waals surface area contributed by atoms with Gasteiger partial charge in [-0.3, -0.25) is 0 Å². The maximum absolute atomic E-state index is 8.00. The summed E-state index contributed by atoms with van der Waals surface area (Å²) in [4.78, 5) is 16.0. The standard InChI is InChI=1S/C27H26P2.2CH2O.Ni/c1-5-14-24(15-6-1)28(25-16-7-2-8-17-25)22-13-23-29(26-18-9-3-10-19-26)27-20-11-4-12-21-27;2*1-2;/h1-12,14-21H,13,22-23H2;2*1H2;. The third-order valence-electron chi connectivity index (χ3n) is 5.03. The molecule has 0 saturated carbocycles. The minimum atomic E-state index is -0.309. The molecule has 2 nitrogen and oxygen atoms in total. The second-order valence-corrected chi connectivity index (χ2v) is 11.7. The summed E-state index contributed by atoms with van der Waals surface area (Å²) in [5.74, 6) is 0. The average molecular weight is 531 g/mol. The van der Waals surface area contributed by atoms with Crippen molar-refractivity contribution in [1.82, 2.24) is 0 Å². The summed E-state index contributed by atoms with van der Waals surface area (Å²) in [6.07, 6.45) is 3.72. The van der Waals surface area contributed by atoms with Crippen molar-refractivity contribution in [3.63, 3.8) is 0 Å². The van der Waals surface area contributed by atoms with E-state index in [2.05, 4.69) is 121 Å². The van der Waals surface area contributed by atoms with Crippen molar-refractivity contribution in [1.29, 1.82) is 0 Å². The topological polar surface area (TPSA) is 34.1 Å². The molecule has 0 spiro atoms. The smallest absolute Gasteiger partial charge is 0.106 e. The molecule has 0 radical (unpaired) electrons. The third kappa shape index (κ3) is 9.08. The Morgan fingerprint density at radius 1 is 0.412 bits per heavy atom. The monoisotopic (exact) mass is 530 g/mol.